The fourth-order valence-electron chi connectivity index (χ4n) is 2.59. The number of aliphatic imine (C=N–C) groups is 1. The molecule has 11 heteroatoms. The van der Waals surface area contributed by atoms with Crippen molar-refractivity contribution >= 4 is 68.1 Å². The van der Waals surface area contributed by atoms with E-state index in [1.165, 1.54) is 14.2 Å². The second-order valence-electron chi connectivity index (χ2n) is 6.01. The number of carboxylic acid groups (broad SMARTS) is 1. The van der Waals surface area contributed by atoms with Crippen LogP contribution in [0.3, 0.4) is 0 Å². The minimum absolute atomic E-state index is 0.255. The van der Waals surface area contributed by atoms with Crippen LogP contribution in [0.5, 0.6) is 17.2 Å². The van der Waals surface area contributed by atoms with Gasteiger partial charge in [-0.25, -0.2) is 9.79 Å². The van der Waals surface area contributed by atoms with Crippen LogP contribution in [0.2, 0.25) is 5.02 Å². The molecule has 0 radical (unpaired) electrons. The lowest BCUT2D eigenvalue weighted by Crippen LogP contribution is -2.19. The highest BCUT2D eigenvalue weighted by Gasteiger charge is 2.25. The minimum Gasteiger partial charge on any atom is -0.494 e. The van der Waals surface area contributed by atoms with Gasteiger partial charge in [0.1, 0.15) is 11.4 Å². The molecule has 162 valence electrons. The van der Waals surface area contributed by atoms with Gasteiger partial charge < -0.3 is 24.6 Å². The van der Waals surface area contributed by atoms with Gasteiger partial charge in [-0.2, -0.15) is 0 Å². The van der Waals surface area contributed by atoms with Crippen molar-refractivity contribution in [1.29, 1.82) is 0 Å². The van der Waals surface area contributed by atoms with E-state index < -0.39 is 12.6 Å². The molecule has 0 unspecified atom stereocenters. The lowest BCUT2D eigenvalue weighted by molar-refractivity contribution is -0.139. The molecule has 1 amide bonds. The van der Waals surface area contributed by atoms with Crippen molar-refractivity contribution < 1.29 is 28.9 Å². The number of carbonyl (C=O) groups is 2. The summed E-state index contributed by atoms with van der Waals surface area (Å²) in [5.74, 6) is -0.322. The smallest absolute Gasteiger partial charge is 0.341 e. The highest BCUT2D eigenvalue weighted by atomic mass is 79.9. The first-order valence-corrected chi connectivity index (χ1v) is 10.6. The van der Waals surface area contributed by atoms with Gasteiger partial charge in [0.15, 0.2) is 23.3 Å². The van der Waals surface area contributed by atoms with Crippen LogP contribution < -0.4 is 19.5 Å². The number of rotatable bonds is 7. The standard InChI is InChI=1S/C20H16BrClN2O6S/c1-28-14-4-3-11(22)8-13(14)23-20-24-19(27)16(31-20)7-10-5-12(21)18(15(6-10)29-2)30-9-17(25)26/h3-8H,9H2,1-2H3,(H,25,26)(H,23,24,27)/b16-7-. The number of carboxylic acids is 1. The monoisotopic (exact) mass is 526 g/mol. The number of aliphatic carboxylic acids is 1. The molecule has 0 spiro atoms. The Morgan fingerprint density at radius 2 is 2.00 bits per heavy atom. The Hall–Kier alpha value is -2.69. The number of ether oxygens (including phenoxy) is 3. The third kappa shape index (κ3) is 5.72. The minimum atomic E-state index is -1.11. The predicted octanol–water partition coefficient (Wildman–Crippen LogP) is 4.47. The van der Waals surface area contributed by atoms with Gasteiger partial charge in [0.05, 0.1) is 23.6 Å². The fourth-order valence-corrected chi connectivity index (χ4v) is 4.16. The average molecular weight is 528 g/mol. The number of hydrogen-bond acceptors (Lipinski definition) is 7. The van der Waals surface area contributed by atoms with Gasteiger partial charge in [0.2, 0.25) is 0 Å². The Kier molecular flexibility index (Phi) is 7.47. The van der Waals surface area contributed by atoms with Gasteiger partial charge in [-0.05, 0) is 69.7 Å². The lowest BCUT2D eigenvalue weighted by atomic mass is 10.2. The molecule has 1 saturated heterocycles. The molecule has 0 aliphatic carbocycles. The largest absolute Gasteiger partial charge is 0.494 e. The molecular weight excluding hydrogens is 512 g/mol. The number of nitrogens with one attached hydrogen (secondary N) is 1. The SMILES string of the molecule is COc1ccc(Cl)cc1N=C1NC(=O)/C(=C/c2cc(Br)c(OCC(=O)O)c(OC)c2)S1. The zero-order valence-electron chi connectivity index (χ0n) is 16.3. The van der Waals surface area contributed by atoms with Gasteiger partial charge in [-0.1, -0.05) is 11.6 Å². The van der Waals surface area contributed by atoms with Crippen molar-refractivity contribution in [2.45, 2.75) is 0 Å². The molecular formula is C20H16BrClN2O6S. The first kappa shape index (κ1) is 23.0. The van der Waals surface area contributed by atoms with Crippen molar-refractivity contribution in [2.75, 3.05) is 20.8 Å². The summed E-state index contributed by atoms with van der Waals surface area (Å²) >= 11 is 10.5. The topological polar surface area (TPSA) is 106 Å². The zero-order chi connectivity index (χ0) is 22.5. The molecule has 31 heavy (non-hydrogen) atoms. The van der Waals surface area contributed by atoms with E-state index >= 15 is 0 Å². The van der Waals surface area contributed by atoms with E-state index in [-0.39, 0.29) is 11.7 Å². The molecule has 8 nitrogen and oxygen atoms in total. The summed E-state index contributed by atoms with van der Waals surface area (Å²) in [5.41, 5.74) is 1.13. The van der Waals surface area contributed by atoms with E-state index in [1.807, 2.05) is 0 Å². The molecule has 0 bridgehead atoms. The average Bonchev–Trinajstić information content (AvgIpc) is 3.05. The third-order valence-electron chi connectivity index (χ3n) is 3.90. The molecule has 1 aliphatic heterocycles. The molecule has 0 atom stereocenters. The van der Waals surface area contributed by atoms with Crippen LogP contribution in [-0.2, 0) is 9.59 Å². The maximum atomic E-state index is 12.4. The first-order valence-electron chi connectivity index (χ1n) is 8.66. The summed E-state index contributed by atoms with van der Waals surface area (Å²) in [4.78, 5) is 28.0. The van der Waals surface area contributed by atoms with Crippen molar-refractivity contribution in [3.8, 4) is 17.2 Å². The fraction of sp³-hybridized carbons (Fsp3) is 0.150. The highest BCUT2D eigenvalue weighted by molar-refractivity contribution is 9.10. The van der Waals surface area contributed by atoms with Crippen LogP contribution in [0.4, 0.5) is 5.69 Å². The number of amidine groups is 1. The predicted molar refractivity (Wildman–Crippen MR) is 123 cm³/mol. The summed E-state index contributed by atoms with van der Waals surface area (Å²) in [7, 11) is 2.96. The van der Waals surface area contributed by atoms with Crippen LogP contribution >= 0.6 is 39.3 Å². The number of nitrogens with zero attached hydrogens (tertiary/aromatic N) is 1. The highest BCUT2D eigenvalue weighted by Crippen LogP contribution is 2.39. The Morgan fingerprint density at radius 1 is 1.26 bits per heavy atom. The quantitative estimate of drug-likeness (QED) is 0.512. The first-order chi connectivity index (χ1) is 14.8. The second-order valence-corrected chi connectivity index (χ2v) is 8.34. The van der Waals surface area contributed by atoms with Crippen molar-refractivity contribution in [3.05, 3.63) is 50.3 Å². The van der Waals surface area contributed by atoms with E-state index in [2.05, 4.69) is 26.2 Å². The zero-order valence-corrected chi connectivity index (χ0v) is 19.4. The summed E-state index contributed by atoms with van der Waals surface area (Å²) in [6.07, 6.45) is 1.66. The molecule has 0 saturated carbocycles. The van der Waals surface area contributed by atoms with E-state index in [9.17, 15) is 9.59 Å². The van der Waals surface area contributed by atoms with E-state index in [4.69, 9.17) is 30.9 Å². The molecule has 1 heterocycles. The van der Waals surface area contributed by atoms with E-state index in [0.29, 0.717) is 42.3 Å². The molecule has 3 rings (SSSR count). The Labute approximate surface area is 195 Å². The van der Waals surface area contributed by atoms with Gasteiger partial charge in [-0.15, -0.1) is 0 Å². The summed E-state index contributed by atoms with van der Waals surface area (Å²) in [6, 6.07) is 8.34. The Morgan fingerprint density at radius 3 is 2.68 bits per heavy atom. The van der Waals surface area contributed by atoms with Gasteiger partial charge >= 0.3 is 5.97 Å². The molecule has 2 aromatic rings. The summed E-state index contributed by atoms with van der Waals surface area (Å²) in [5, 5.41) is 12.4. The molecule has 2 aromatic carbocycles. The molecule has 0 aromatic heterocycles. The number of halogens is 2. The number of hydrogen-bond donors (Lipinski definition) is 2. The lowest BCUT2D eigenvalue weighted by Gasteiger charge is -2.12. The maximum Gasteiger partial charge on any atom is 0.341 e. The molecule has 1 aliphatic rings. The van der Waals surface area contributed by atoms with Gasteiger partial charge in [-0.3, -0.25) is 4.79 Å². The number of methoxy groups -OCH3 is 2. The van der Waals surface area contributed by atoms with Gasteiger partial charge in [0.25, 0.3) is 5.91 Å². The maximum absolute atomic E-state index is 12.4. The van der Waals surface area contributed by atoms with Crippen LogP contribution in [0, 0.1) is 0 Å². The normalized spacial score (nSPS) is 15.8. The van der Waals surface area contributed by atoms with Crippen LogP contribution in [0.15, 0.2) is 44.7 Å². The van der Waals surface area contributed by atoms with Crippen LogP contribution in [0.25, 0.3) is 6.08 Å². The number of carbonyl (C=O) groups excluding carboxylic acids is 1. The van der Waals surface area contributed by atoms with Crippen molar-refractivity contribution in [2.24, 2.45) is 4.99 Å². The Bertz CT molecular complexity index is 1110. The third-order valence-corrected chi connectivity index (χ3v) is 5.64. The second kappa shape index (κ2) is 10.1. The van der Waals surface area contributed by atoms with Gasteiger partial charge in [0, 0.05) is 5.02 Å². The summed E-state index contributed by atoms with van der Waals surface area (Å²) in [6.45, 7) is -0.513. The van der Waals surface area contributed by atoms with E-state index in [0.717, 1.165) is 11.8 Å². The molecule has 1 fully saturated rings. The van der Waals surface area contributed by atoms with Crippen molar-refractivity contribution in [1.82, 2.24) is 5.32 Å². The van der Waals surface area contributed by atoms with Crippen LogP contribution in [-0.4, -0.2) is 43.0 Å². The number of thioether (sulfide) groups is 1. The summed E-state index contributed by atoms with van der Waals surface area (Å²) < 4.78 is 16.3. The van der Waals surface area contributed by atoms with E-state index in [1.54, 1.807) is 36.4 Å². The Balaban J connectivity index is 1.88. The number of amides is 1. The number of benzene rings is 2. The molecule has 2 N–H and O–H groups in total. The van der Waals surface area contributed by atoms with Crippen molar-refractivity contribution in [3.63, 3.8) is 0 Å². The van der Waals surface area contributed by atoms with Crippen LogP contribution in [0.1, 0.15) is 5.56 Å².